The first-order valence-corrected chi connectivity index (χ1v) is 5.24. The number of hydrogen-bond acceptors (Lipinski definition) is 2. The smallest absolute Gasteiger partial charge is 0.295 e. The maximum atomic E-state index is 12.4. The van der Waals surface area contributed by atoms with Crippen LogP contribution in [0.15, 0.2) is 23.9 Å². The van der Waals surface area contributed by atoms with Gasteiger partial charge < -0.3 is 0 Å². The zero-order valence-corrected chi connectivity index (χ0v) is 8.92. The SMILES string of the molecule is O=C1CCCC1=Cc1cc(C(F)(F)F)ccn1. The van der Waals surface area contributed by atoms with E-state index in [1.54, 1.807) is 0 Å². The number of Topliss-reactive ketones (excluding diaryl/α,β-unsaturated/α-hetero) is 1. The lowest BCUT2D eigenvalue weighted by Crippen LogP contribution is -2.05. The summed E-state index contributed by atoms with van der Waals surface area (Å²) in [7, 11) is 0. The van der Waals surface area contributed by atoms with Crippen molar-refractivity contribution in [2.75, 3.05) is 0 Å². The molecule has 0 radical (unpaired) electrons. The van der Waals surface area contributed by atoms with E-state index in [9.17, 15) is 18.0 Å². The number of rotatable bonds is 1. The molecule has 1 fully saturated rings. The Morgan fingerprint density at radius 1 is 1.29 bits per heavy atom. The number of hydrogen-bond donors (Lipinski definition) is 0. The normalized spacial score (nSPS) is 19.0. The maximum Gasteiger partial charge on any atom is 0.416 e. The van der Waals surface area contributed by atoms with Gasteiger partial charge in [-0.05, 0) is 36.6 Å². The lowest BCUT2D eigenvalue weighted by atomic mass is 10.1. The lowest BCUT2D eigenvalue weighted by molar-refractivity contribution is -0.137. The highest BCUT2D eigenvalue weighted by atomic mass is 19.4. The molecule has 1 aromatic rings. The number of alkyl halides is 3. The number of allylic oxidation sites excluding steroid dienone is 1. The molecule has 1 heterocycles. The van der Waals surface area contributed by atoms with Crippen LogP contribution in [0, 0.1) is 0 Å². The summed E-state index contributed by atoms with van der Waals surface area (Å²) >= 11 is 0. The molecule has 0 spiro atoms. The number of nitrogens with zero attached hydrogens (tertiary/aromatic N) is 1. The van der Waals surface area contributed by atoms with E-state index in [1.807, 2.05) is 0 Å². The fraction of sp³-hybridized carbons (Fsp3) is 0.333. The lowest BCUT2D eigenvalue weighted by Gasteiger charge is -2.06. The molecule has 1 saturated carbocycles. The molecule has 0 atom stereocenters. The second-order valence-electron chi connectivity index (χ2n) is 3.91. The molecule has 5 heteroatoms. The number of halogens is 3. The van der Waals surface area contributed by atoms with Crippen molar-refractivity contribution in [1.82, 2.24) is 4.98 Å². The van der Waals surface area contributed by atoms with Gasteiger partial charge in [0.1, 0.15) is 0 Å². The van der Waals surface area contributed by atoms with Crippen LogP contribution in [-0.4, -0.2) is 10.8 Å². The zero-order valence-electron chi connectivity index (χ0n) is 8.92. The molecule has 0 saturated heterocycles. The van der Waals surface area contributed by atoms with Gasteiger partial charge in [-0.2, -0.15) is 13.2 Å². The van der Waals surface area contributed by atoms with Crippen LogP contribution in [-0.2, 0) is 11.0 Å². The molecule has 2 nitrogen and oxygen atoms in total. The van der Waals surface area contributed by atoms with Crippen molar-refractivity contribution < 1.29 is 18.0 Å². The van der Waals surface area contributed by atoms with E-state index in [1.165, 1.54) is 6.08 Å². The van der Waals surface area contributed by atoms with Gasteiger partial charge in [-0.15, -0.1) is 0 Å². The molecule has 2 rings (SSSR count). The van der Waals surface area contributed by atoms with Crippen LogP contribution in [0.4, 0.5) is 13.2 Å². The van der Waals surface area contributed by atoms with Crippen LogP contribution in [0.5, 0.6) is 0 Å². The highest BCUT2D eigenvalue weighted by Gasteiger charge is 2.30. The number of ketones is 1. The summed E-state index contributed by atoms with van der Waals surface area (Å²) in [4.78, 5) is 15.2. The van der Waals surface area contributed by atoms with Crippen LogP contribution in [0.3, 0.4) is 0 Å². The number of carbonyl (C=O) groups is 1. The van der Waals surface area contributed by atoms with Gasteiger partial charge in [0.25, 0.3) is 0 Å². The van der Waals surface area contributed by atoms with E-state index in [0.717, 1.165) is 24.8 Å². The Balaban J connectivity index is 2.31. The van der Waals surface area contributed by atoms with Crippen molar-refractivity contribution in [3.05, 3.63) is 35.2 Å². The second-order valence-corrected chi connectivity index (χ2v) is 3.91. The summed E-state index contributed by atoms with van der Waals surface area (Å²) in [5, 5.41) is 0. The minimum Gasteiger partial charge on any atom is -0.295 e. The second kappa shape index (κ2) is 4.31. The van der Waals surface area contributed by atoms with E-state index >= 15 is 0 Å². The van der Waals surface area contributed by atoms with Gasteiger partial charge in [-0.3, -0.25) is 9.78 Å². The van der Waals surface area contributed by atoms with Crippen molar-refractivity contribution in [2.24, 2.45) is 0 Å². The van der Waals surface area contributed by atoms with E-state index < -0.39 is 11.7 Å². The number of aromatic nitrogens is 1. The quantitative estimate of drug-likeness (QED) is 0.706. The molecule has 1 aromatic heterocycles. The van der Waals surface area contributed by atoms with E-state index in [-0.39, 0.29) is 11.5 Å². The average Bonchev–Trinajstić information content (AvgIpc) is 2.64. The molecule has 0 aromatic carbocycles. The van der Waals surface area contributed by atoms with E-state index in [2.05, 4.69) is 4.98 Å². The summed E-state index contributed by atoms with van der Waals surface area (Å²) in [5.41, 5.74) is 0.00620. The summed E-state index contributed by atoms with van der Waals surface area (Å²) in [5.74, 6) is 0.00390. The van der Waals surface area contributed by atoms with Crippen LogP contribution in [0.2, 0.25) is 0 Å². The Morgan fingerprint density at radius 2 is 2.06 bits per heavy atom. The predicted octanol–water partition coefficient (Wildman–Crippen LogP) is 3.24. The summed E-state index contributed by atoms with van der Waals surface area (Å²) in [6.07, 6.45) is 0.0419. The molecule has 90 valence electrons. The minimum atomic E-state index is -4.38. The standard InChI is InChI=1S/C12H10F3NO/c13-12(14,15)9-4-5-16-10(7-9)6-8-2-1-3-11(8)17/h4-7H,1-3H2. The predicted molar refractivity (Wildman–Crippen MR) is 56.1 cm³/mol. The molecule has 1 aliphatic rings. The first-order valence-electron chi connectivity index (χ1n) is 5.24. The van der Waals surface area contributed by atoms with Gasteiger partial charge in [0.2, 0.25) is 0 Å². The van der Waals surface area contributed by atoms with E-state index in [0.29, 0.717) is 18.4 Å². The Kier molecular flexibility index (Phi) is 3.00. The fourth-order valence-corrected chi connectivity index (χ4v) is 1.77. The largest absolute Gasteiger partial charge is 0.416 e. The molecular weight excluding hydrogens is 231 g/mol. The maximum absolute atomic E-state index is 12.4. The number of carbonyl (C=O) groups excluding carboxylic acids is 1. The van der Waals surface area contributed by atoms with Crippen molar-refractivity contribution in [3.63, 3.8) is 0 Å². The van der Waals surface area contributed by atoms with Crippen LogP contribution in [0.25, 0.3) is 6.08 Å². The third-order valence-corrected chi connectivity index (χ3v) is 2.64. The zero-order chi connectivity index (χ0) is 12.5. The van der Waals surface area contributed by atoms with E-state index in [4.69, 9.17) is 0 Å². The van der Waals surface area contributed by atoms with Gasteiger partial charge in [0.05, 0.1) is 11.3 Å². The summed E-state index contributed by atoms with van der Waals surface area (Å²) < 4.78 is 37.3. The van der Waals surface area contributed by atoms with Crippen LogP contribution >= 0.6 is 0 Å². The first kappa shape index (κ1) is 11.8. The van der Waals surface area contributed by atoms with Gasteiger partial charge in [0, 0.05) is 12.6 Å². The van der Waals surface area contributed by atoms with Crippen LogP contribution < -0.4 is 0 Å². The highest BCUT2D eigenvalue weighted by Crippen LogP contribution is 2.30. The van der Waals surface area contributed by atoms with Crippen molar-refractivity contribution in [3.8, 4) is 0 Å². The molecule has 0 unspecified atom stereocenters. The van der Waals surface area contributed by atoms with Crippen molar-refractivity contribution in [1.29, 1.82) is 0 Å². The summed E-state index contributed by atoms with van der Waals surface area (Å²) in [6, 6.07) is 1.87. The monoisotopic (exact) mass is 241 g/mol. The third kappa shape index (κ3) is 2.72. The van der Waals surface area contributed by atoms with Gasteiger partial charge in [0.15, 0.2) is 5.78 Å². The average molecular weight is 241 g/mol. The Hall–Kier alpha value is -1.65. The molecule has 17 heavy (non-hydrogen) atoms. The molecular formula is C12H10F3NO. The topological polar surface area (TPSA) is 30.0 Å². The van der Waals surface area contributed by atoms with Crippen LogP contribution in [0.1, 0.15) is 30.5 Å². The van der Waals surface area contributed by atoms with Gasteiger partial charge in [-0.1, -0.05) is 0 Å². The van der Waals surface area contributed by atoms with Crippen molar-refractivity contribution in [2.45, 2.75) is 25.4 Å². The Bertz CT molecular complexity index is 477. The molecule has 0 N–H and O–H groups in total. The Morgan fingerprint density at radius 3 is 2.65 bits per heavy atom. The first-order chi connectivity index (χ1) is 7.97. The minimum absolute atomic E-state index is 0.00390. The highest BCUT2D eigenvalue weighted by molar-refractivity contribution is 6.01. The van der Waals surface area contributed by atoms with Crippen molar-refractivity contribution >= 4 is 11.9 Å². The molecule has 0 bridgehead atoms. The number of pyridine rings is 1. The molecule has 0 amide bonds. The van der Waals surface area contributed by atoms with Gasteiger partial charge >= 0.3 is 6.18 Å². The fourth-order valence-electron chi connectivity index (χ4n) is 1.77. The van der Waals surface area contributed by atoms with Gasteiger partial charge in [-0.25, -0.2) is 0 Å². The molecule has 0 aliphatic heterocycles. The summed E-state index contributed by atoms with van der Waals surface area (Å²) in [6.45, 7) is 0. The third-order valence-electron chi connectivity index (χ3n) is 2.64. The molecule has 1 aliphatic carbocycles. The Labute approximate surface area is 96.2 Å².